The van der Waals surface area contributed by atoms with Gasteiger partial charge in [-0.1, -0.05) is 6.58 Å². The fraction of sp³-hybridized carbons (Fsp3) is 0.500. The Labute approximate surface area is 59.4 Å². The van der Waals surface area contributed by atoms with Crippen LogP contribution in [0.15, 0.2) is 12.2 Å². The van der Waals surface area contributed by atoms with E-state index in [1.54, 1.807) is 12.4 Å². The Bertz CT molecular complexity index is 117. The van der Waals surface area contributed by atoms with Gasteiger partial charge in [-0.25, -0.2) is 10.3 Å². The normalized spacial score (nSPS) is 9.00. The number of nitrogens with one attached hydrogen (secondary N) is 1. The first-order chi connectivity index (χ1) is 4.72. The number of rotatable bonds is 4. The van der Waals surface area contributed by atoms with Crippen LogP contribution in [-0.4, -0.2) is 24.3 Å². The molecule has 0 heterocycles. The summed E-state index contributed by atoms with van der Waals surface area (Å²) in [5, 5.41) is 8.14. The quantitative estimate of drug-likeness (QED) is 0.334. The molecule has 0 saturated heterocycles. The van der Waals surface area contributed by atoms with Crippen molar-refractivity contribution in [3.05, 3.63) is 12.2 Å². The second-order valence-corrected chi connectivity index (χ2v) is 1.66. The van der Waals surface area contributed by atoms with Gasteiger partial charge in [0.2, 0.25) is 0 Å². The monoisotopic (exact) mass is 145 g/mol. The lowest BCUT2D eigenvalue weighted by Gasteiger charge is -2.02. The molecule has 0 aliphatic carbocycles. The third-order valence-electron chi connectivity index (χ3n) is 0.857. The zero-order chi connectivity index (χ0) is 7.98. The molecule has 58 valence electrons. The molecule has 0 amide bonds. The van der Waals surface area contributed by atoms with Crippen LogP contribution >= 0.6 is 0 Å². The van der Waals surface area contributed by atoms with Crippen LogP contribution in [0.25, 0.3) is 0 Å². The van der Waals surface area contributed by atoms with Crippen LogP contribution in [0.3, 0.4) is 0 Å². The van der Waals surface area contributed by atoms with Crippen LogP contribution in [0.2, 0.25) is 0 Å². The summed E-state index contributed by atoms with van der Waals surface area (Å²) in [4.78, 5) is 10.7. The Hall–Kier alpha value is -0.870. The fourth-order valence-corrected chi connectivity index (χ4v) is 0.401. The highest BCUT2D eigenvalue weighted by atomic mass is 16.5. The van der Waals surface area contributed by atoms with Crippen molar-refractivity contribution in [3.63, 3.8) is 0 Å². The van der Waals surface area contributed by atoms with Gasteiger partial charge in [-0.15, -0.1) is 0 Å². The van der Waals surface area contributed by atoms with Crippen molar-refractivity contribution in [2.75, 3.05) is 13.2 Å². The van der Waals surface area contributed by atoms with Crippen molar-refractivity contribution in [1.29, 1.82) is 0 Å². The molecule has 0 aliphatic heterocycles. The van der Waals surface area contributed by atoms with E-state index in [0.717, 1.165) is 0 Å². The standard InChI is InChI=1S/C6H11NO3/c1-3-10-6(8)5(2)4-7-9/h7,9H,2-4H2,1H3. The third kappa shape index (κ3) is 3.21. The van der Waals surface area contributed by atoms with Crippen molar-refractivity contribution in [1.82, 2.24) is 5.48 Å². The minimum atomic E-state index is -0.482. The molecule has 0 rings (SSSR count). The third-order valence-corrected chi connectivity index (χ3v) is 0.857. The smallest absolute Gasteiger partial charge is 0.334 e. The Morgan fingerprint density at radius 3 is 2.80 bits per heavy atom. The average Bonchev–Trinajstić information content (AvgIpc) is 1.89. The molecule has 0 aromatic heterocycles. The molecule has 10 heavy (non-hydrogen) atoms. The second kappa shape index (κ2) is 4.96. The second-order valence-electron chi connectivity index (χ2n) is 1.66. The van der Waals surface area contributed by atoms with E-state index < -0.39 is 5.97 Å². The average molecular weight is 145 g/mol. The topological polar surface area (TPSA) is 58.6 Å². The molecule has 0 unspecified atom stereocenters. The first-order valence-electron chi connectivity index (χ1n) is 2.94. The maximum Gasteiger partial charge on any atom is 0.334 e. The lowest BCUT2D eigenvalue weighted by Crippen LogP contribution is -2.18. The van der Waals surface area contributed by atoms with Gasteiger partial charge in [-0.05, 0) is 6.92 Å². The molecule has 0 fully saturated rings. The summed E-state index contributed by atoms with van der Waals surface area (Å²) >= 11 is 0. The van der Waals surface area contributed by atoms with Crippen molar-refractivity contribution >= 4 is 5.97 Å². The van der Waals surface area contributed by atoms with Gasteiger partial charge in [-0.3, -0.25) is 0 Å². The number of hydroxylamine groups is 1. The summed E-state index contributed by atoms with van der Waals surface area (Å²) < 4.78 is 4.57. The summed E-state index contributed by atoms with van der Waals surface area (Å²) in [6, 6.07) is 0. The highest BCUT2D eigenvalue weighted by Gasteiger charge is 2.05. The highest BCUT2D eigenvalue weighted by molar-refractivity contribution is 5.88. The van der Waals surface area contributed by atoms with Gasteiger partial charge in [0, 0.05) is 5.57 Å². The molecule has 0 radical (unpaired) electrons. The molecule has 4 heteroatoms. The van der Waals surface area contributed by atoms with Gasteiger partial charge in [0.15, 0.2) is 0 Å². The van der Waals surface area contributed by atoms with E-state index in [0.29, 0.717) is 6.61 Å². The lowest BCUT2D eigenvalue weighted by atomic mass is 10.3. The highest BCUT2D eigenvalue weighted by Crippen LogP contribution is 1.91. The van der Waals surface area contributed by atoms with Crippen LogP contribution in [0, 0.1) is 0 Å². The summed E-state index contributed by atoms with van der Waals surface area (Å²) in [5.74, 6) is -0.482. The van der Waals surface area contributed by atoms with Crippen molar-refractivity contribution in [2.24, 2.45) is 0 Å². The Morgan fingerprint density at radius 2 is 2.40 bits per heavy atom. The molecule has 0 saturated carbocycles. The first-order valence-corrected chi connectivity index (χ1v) is 2.94. The van der Waals surface area contributed by atoms with Crippen molar-refractivity contribution in [3.8, 4) is 0 Å². The van der Waals surface area contributed by atoms with Crippen LogP contribution in [0.5, 0.6) is 0 Å². The van der Waals surface area contributed by atoms with Crippen LogP contribution in [0.1, 0.15) is 6.92 Å². The number of ether oxygens (including phenoxy) is 1. The SMILES string of the molecule is C=C(CNO)C(=O)OCC. The molecule has 0 bridgehead atoms. The number of carbonyl (C=O) groups excluding carboxylic acids is 1. The van der Waals surface area contributed by atoms with Gasteiger partial charge in [-0.2, -0.15) is 0 Å². The van der Waals surface area contributed by atoms with Gasteiger partial charge in [0.1, 0.15) is 0 Å². The zero-order valence-corrected chi connectivity index (χ0v) is 5.89. The largest absolute Gasteiger partial charge is 0.463 e. The zero-order valence-electron chi connectivity index (χ0n) is 5.89. The van der Waals surface area contributed by atoms with Gasteiger partial charge in [0.05, 0.1) is 13.2 Å². The van der Waals surface area contributed by atoms with Gasteiger partial charge < -0.3 is 9.94 Å². The van der Waals surface area contributed by atoms with E-state index in [2.05, 4.69) is 11.3 Å². The van der Waals surface area contributed by atoms with Gasteiger partial charge in [0.25, 0.3) is 0 Å². The van der Waals surface area contributed by atoms with E-state index >= 15 is 0 Å². The van der Waals surface area contributed by atoms with Crippen LogP contribution < -0.4 is 5.48 Å². The molecule has 0 aromatic carbocycles. The summed E-state index contributed by atoms with van der Waals surface area (Å²) in [6.45, 7) is 5.44. The van der Waals surface area contributed by atoms with Crippen LogP contribution in [0.4, 0.5) is 0 Å². The van der Waals surface area contributed by atoms with Gasteiger partial charge >= 0.3 is 5.97 Å². The maximum absolute atomic E-state index is 10.7. The Morgan fingerprint density at radius 1 is 1.80 bits per heavy atom. The number of hydrogen-bond donors (Lipinski definition) is 2. The lowest BCUT2D eigenvalue weighted by molar-refractivity contribution is -0.138. The van der Waals surface area contributed by atoms with Crippen LogP contribution in [-0.2, 0) is 9.53 Å². The molecular formula is C6H11NO3. The molecule has 0 aromatic rings. The molecule has 0 aliphatic rings. The predicted octanol–water partition coefficient (Wildman–Crippen LogP) is 0.0845. The van der Waals surface area contributed by atoms with E-state index in [-0.39, 0.29) is 12.1 Å². The molecule has 2 N–H and O–H groups in total. The van der Waals surface area contributed by atoms with E-state index in [4.69, 9.17) is 5.21 Å². The Balaban J connectivity index is 3.60. The number of carbonyl (C=O) groups is 1. The molecule has 0 spiro atoms. The number of hydrogen-bond acceptors (Lipinski definition) is 4. The molecule has 4 nitrogen and oxygen atoms in total. The van der Waals surface area contributed by atoms with E-state index in [1.807, 2.05) is 0 Å². The van der Waals surface area contributed by atoms with Crippen molar-refractivity contribution in [2.45, 2.75) is 6.92 Å². The fourth-order valence-electron chi connectivity index (χ4n) is 0.401. The molecular weight excluding hydrogens is 134 g/mol. The van der Waals surface area contributed by atoms with E-state index in [9.17, 15) is 4.79 Å². The predicted molar refractivity (Wildman–Crippen MR) is 35.6 cm³/mol. The van der Waals surface area contributed by atoms with E-state index in [1.165, 1.54) is 0 Å². The first kappa shape index (κ1) is 9.13. The maximum atomic E-state index is 10.7. The summed E-state index contributed by atoms with van der Waals surface area (Å²) in [7, 11) is 0. The Kier molecular flexibility index (Phi) is 4.53. The minimum Gasteiger partial charge on any atom is -0.463 e. The van der Waals surface area contributed by atoms with Crippen molar-refractivity contribution < 1.29 is 14.7 Å². The number of esters is 1. The summed E-state index contributed by atoms with van der Waals surface area (Å²) in [5.41, 5.74) is 2.02. The molecule has 0 atom stereocenters. The minimum absolute atomic E-state index is 0.0405. The summed E-state index contributed by atoms with van der Waals surface area (Å²) in [6.07, 6.45) is 0.